The molecule has 2 aromatic heterocycles. The van der Waals surface area contributed by atoms with E-state index in [9.17, 15) is 9.59 Å². The quantitative estimate of drug-likeness (QED) is 0.394. The van der Waals surface area contributed by atoms with Crippen molar-refractivity contribution in [1.29, 1.82) is 0 Å². The molecule has 31 heavy (non-hydrogen) atoms. The van der Waals surface area contributed by atoms with Crippen molar-refractivity contribution in [2.75, 3.05) is 12.4 Å². The van der Waals surface area contributed by atoms with E-state index in [0.29, 0.717) is 18.1 Å². The van der Waals surface area contributed by atoms with E-state index in [1.165, 1.54) is 11.3 Å². The van der Waals surface area contributed by atoms with Crippen LogP contribution in [0.3, 0.4) is 0 Å². The van der Waals surface area contributed by atoms with Crippen LogP contribution in [0.15, 0.2) is 60.7 Å². The van der Waals surface area contributed by atoms with Crippen LogP contribution in [0.1, 0.15) is 16.0 Å². The molecule has 0 aliphatic rings. The van der Waals surface area contributed by atoms with E-state index in [0.717, 1.165) is 26.2 Å². The van der Waals surface area contributed by atoms with Gasteiger partial charge in [-0.25, -0.2) is 0 Å². The van der Waals surface area contributed by atoms with Gasteiger partial charge in [0, 0.05) is 11.4 Å². The maximum Gasteiger partial charge on any atom is 0.229 e. The highest BCUT2D eigenvalue weighted by molar-refractivity contribution is 7.18. The molecule has 0 aliphatic carbocycles. The van der Waals surface area contributed by atoms with Crippen molar-refractivity contribution < 1.29 is 14.3 Å². The summed E-state index contributed by atoms with van der Waals surface area (Å²) in [7, 11) is 1.59. The molecule has 2 heterocycles. The molecule has 0 spiro atoms. The molecule has 0 fully saturated rings. The van der Waals surface area contributed by atoms with Crippen molar-refractivity contribution in [3.8, 4) is 5.75 Å². The molecule has 0 saturated heterocycles. The number of hydrogen-bond acceptors (Lipinski definition) is 5. The number of aromatic amines is 1. The van der Waals surface area contributed by atoms with Gasteiger partial charge in [0.05, 0.1) is 25.3 Å². The number of amides is 2. The zero-order valence-electron chi connectivity index (χ0n) is 17.0. The third-order valence-corrected chi connectivity index (χ3v) is 5.76. The van der Waals surface area contributed by atoms with Gasteiger partial charge in [-0.15, -0.1) is 11.3 Å². The number of fused-ring (bicyclic) bond motifs is 1. The molecule has 2 aromatic carbocycles. The van der Waals surface area contributed by atoms with Crippen LogP contribution in [0.25, 0.3) is 10.2 Å². The van der Waals surface area contributed by atoms with E-state index in [1.807, 2.05) is 60.7 Å². The molecular formula is C23H22N4O3S. The SMILES string of the molecule is COc1cccc(CC(=O)Nc2[nH]nc3sc(CC(=O)NCc4ccccc4)cc23)c1. The van der Waals surface area contributed by atoms with Crippen LogP contribution in [-0.2, 0) is 29.0 Å². The van der Waals surface area contributed by atoms with Crippen molar-refractivity contribution in [1.82, 2.24) is 15.5 Å². The highest BCUT2D eigenvalue weighted by Gasteiger charge is 2.15. The topological polar surface area (TPSA) is 96.1 Å². The van der Waals surface area contributed by atoms with Gasteiger partial charge in [-0.05, 0) is 29.3 Å². The predicted octanol–water partition coefficient (Wildman–Crippen LogP) is 3.67. The molecule has 2 amide bonds. The molecule has 4 rings (SSSR count). The van der Waals surface area contributed by atoms with Crippen LogP contribution >= 0.6 is 11.3 Å². The van der Waals surface area contributed by atoms with Gasteiger partial charge in [0.15, 0.2) is 0 Å². The van der Waals surface area contributed by atoms with E-state index < -0.39 is 0 Å². The molecule has 158 valence electrons. The summed E-state index contributed by atoms with van der Waals surface area (Å²) in [6.07, 6.45) is 0.488. The number of methoxy groups -OCH3 is 1. The minimum Gasteiger partial charge on any atom is -0.497 e. The molecule has 4 aromatic rings. The highest BCUT2D eigenvalue weighted by Crippen LogP contribution is 2.29. The van der Waals surface area contributed by atoms with Gasteiger partial charge < -0.3 is 15.4 Å². The largest absolute Gasteiger partial charge is 0.497 e. The Labute approximate surface area is 183 Å². The molecule has 3 N–H and O–H groups in total. The standard InChI is InChI=1S/C23H22N4O3S/c1-30-17-9-5-8-16(10-17)11-21(29)25-22-19-12-18(31-23(19)27-26-22)13-20(28)24-14-15-6-3-2-4-7-15/h2-10,12H,11,13-14H2,1H3,(H,24,28)(H2,25,26,27,29). The van der Waals surface area contributed by atoms with Crippen molar-refractivity contribution in [2.24, 2.45) is 0 Å². The van der Waals surface area contributed by atoms with Crippen molar-refractivity contribution in [3.63, 3.8) is 0 Å². The Morgan fingerprint density at radius 1 is 1.00 bits per heavy atom. The van der Waals surface area contributed by atoms with Gasteiger partial charge in [-0.3, -0.25) is 14.7 Å². The highest BCUT2D eigenvalue weighted by atomic mass is 32.1. The van der Waals surface area contributed by atoms with Crippen LogP contribution in [0.4, 0.5) is 5.82 Å². The average molecular weight is 435 g/mol. The maximum absolute atomic E-state index is 12.5. The zero-order chi connectivity index (χ0) is 21.6. The Morgan fingerprint density at radius 2 is 1.81 bits per heavy atom. The van der Waals surface area contributed by atoms with Crippen LogP contribution in [0, 0.1) is 0 Å². The number of aromatic nitrogens is 2. The minimum atomic E-state index is -0.160. The average Bonchev–Trinajstić information content (AvgIpc) is 3.34. The number of carbonyl (C=O) groups is 2. The lowest BCUT2D eigenvalue weighted by molar-refractivity contribution is -0.120. The summed E-state index contributed by atoms with van der Waals surface area (Å²) in [5.74, 6) is 1.03. The molecule has 0 bridgehead atoms. The molecule has 7 nitrogen and oxygen atoms in total. The second-order valence-corrected chi connectivity index (χ2v) is 8.16. The number of thiophene rings is 1. The lowest BCUT2D eigenvalue weighted by Gasteiger charge is -2.05. The summed E-state index contributed by atoms with van der Waals surface area (Å²) in [4.78, 5) is 26.4. The number of ether oxygens (including phenoxy) is 1. The third kappa shape index (κ3) is 5.29. The fourth-order valence-electron chi connectivity index (χ4n) is 3.21. The fourth-order valence-corrected chi connectivity index (χ4v) is 4.20. The molecular weight excluding hydrogens is 412 g/mol. The second-order valence-electron chi connectivity index (χ2n) is 7.05. The number of hydrogen-bond donors (Lipinski definition) is 3. The van der Waals surface area contributed by atoms with Crippen molar-refractivity contribution in [2.45, 2.75) is 19.4 Å². The first-order chi connectivity index (χ1) is 15.1. The minimum absolute atomic E-state index is 0.0552. The Kier molecular flexibility index (Phi) is 6.28. The van der Waals surface area contributed by atoms with E-state index in [2.05, 4.69) is 20.8 Å². The zero-order valence-corrected chi connectivity index (χ0v) is 17.8. The van der Waals surface area contributed by atoms with Crippen LogP contribution < -0.4 is 15.4 Å². The summed E-state index contributed by atoms with van der Waals surface area (Å²) in [5, 5.41) is 13.7. The van der Waals surface area contributed by atoms with Gasteiger partial charge in [-0.2, -0.15) is 5.10 Å². The Bertz CT molecular complexity index is 1200. The second kappa shape index (κ2) is 9.44. The fraction of sp³-hybridized carbons (Fsp3) is 0.174. The summed E-state index contributed by atoms with van der Waals surface area (Å²) in [6, 6.07) is 19.1. The Balaban J connectivity index is 1.36. The first-order valence-corrected chi connectivity index (χ1v) is 10.6. The Hall–Kier alpha value is -3.65. The number of carbonyl (C=O) groups excluding carboxylic acids is 2. The van der Waals surface area contributed by atoms with Gasteiger partial charge >= 0.3 is 0 Å². The summed E-state index contributed by atoms with van der Waals surface area (Å²) >= 11 is 1.43. The predicted molar refractivity (Wildman–Crippen MR) is 121 cm³/mol. The normalized spacial score (nSPS) is 10.7. The number of rotatable bonds is 8. The smallest absolute Gasteiger partial charge is 0.229 e. The Morgan fingerprint density at radius 3 is 2.61 bits per heavy atom. The maximum atomic E-state index is 12.5. The molecule has 0 atom stereocenters. The number of anilines is 1. The summed E-state index contributed by atoms with van der Waals surface area (Å²) < 4.78 is 5.20. The van der Waals surface area contributed by atoms with E-state index in [4.69, 9.17) is 4.74 Å². The molecule has 0 unspecified atom stereocenters. The van der Waals surface area contributed by atoms with E-state index in [1.54, 1.807) is 7.11 Å². The van der Waals surface area contributed by atoms with E-state index >= 15 is 0 Å². The number of benzene rings is 2. The third-order valence-electron chi connectivity index (χ3n) is 4.73. The van der Waals surface area contributed by atoms with Crippen molar-refractivity contribution >= 4 is 39.2 Å². The van der Waals surface area contributed by atoms with Crippen LogP contribution in [0.2, 0.25) is 0 Å². The van der Waals surface area contributed by atoms with Gasteiger partial charge in [0.2, 0.25) is 11.8 Å². The first kappa shape index (κ1) is 20.6. The molecule has 8 heteroatoms. The first-order valence-electron chi connectivity index (χ1n) is 9.81. The summed E-state index contributed by atoms with van der Waals surface area (Å²) in [5.41, 5.74) is 1.91. The molecule has 0 aliphatic heterocycles. The van der Waals surface area contributed by atoms with Gasteiger partial charge in [-0.1, -0.05) is 42.5 Å². The van der Waals surface area contributed by atoms with Gasteiger partial charge in [0.25, 0.3) is 0 Å². The van der Waals surface area contributed by atoms with Crippen molar-refractivity contribution in [3.05, 3.63) is 76.7 Å². The lowest BCUT2D eigenvalue weighted by atomic mass is 10.1. The molecule has 0 radical (unpaired) electrons. The number of nitrogens with zero attached hydrogens (tertiary/aromatic N) is 1. The monoisotopic (exact) mass is 434 g/mol. The summed E-state index contributed by atoms with van der Waals surface area (Å²) in [6.45, 7) is 0.494. The van der Waals surface area contributed by atoms with Gasteiger partial charge in [0.1, 0.15) is 16.4 Å². The molecule has 0 saturated carbocycles. The van der Waals surface area contributed by atoms with Crippen LogP contribution in [0.5, 0.6) is 5.75 Å². The lowest BCUT2D eigenvalue weighted by Crippen LogP contribution is -2.24. The van der Waals surface area contributed by atoms with E-state index in [-0.39, 0.29) is 24.7 Å². The number of H-pyrrole nitrogens is 1. The van der Waals surface area contributed by atoms with Crippen LogP contribution in [-0.4, -0.2) is 29.1 Å². The number of nitrogens with one attached hydrogen (secondary N) is 3.